The van der Waals surface area contributed by atoms with E-state index < -0.39 is 16.9 Å². The summed E-state index contributed by atoms with van der Waals surface area (Å²) in [4.78, 5) is 50.4. The van der Waals surface area contributed by atoms with Crippen molar-refractivity contribution in [3.63, 3.8) is 0 Å². The van der Waals surface area contributed by atoms with Gasteiger partial charge in [-0.2, -0.15) is 0 Å². The summed E-state index contributed by atoms with van der Waals surface area (Å²) in [5, 5.41) is 0. The third kappa shape index (κ3) is 3.92. The number of carbonyl (C=O) groups is 4. The van der Waals surface area contributed by atoms with Gasteiger partial charge in [-0.15, -0.1) is 0 Å². The van der Waals surface area contributed by atoms with Crippen LogP contribution in [-0.4, -0.2) is 48.8 Å². The highest BCUT2D eigenvalue weighted by molar-refractivity contribution is 5.91. The van der Waals surface area contributed by atoms with Crippen molar-refractivity contribution in [2.24, 2.45) is 40.4 Å². The Morgan fingerprint density at radius 3 is 2.52 bits per heavy atom. The van der Waals surface area contributed by atoms with Gasteiger partial charge in [-0.05, 0) is 62.0 Å². The van der Waals surface area contributed by atoms with E-state index in [1.54, 1.807) is 0 Å². The fourth-order valence-electron chi connectivity index (χ4n) is 9.76. The molecule has 8 nitrogen and oxygen atoms in total. The summed E-state index contributed by atoms with van der Waals surface area (Å²) in [6.07, 6.45) is 5.07. The van der Waals surface area contributed by atoms with Crippen LogP contribution in [0.2, 0.25) is 0 Å². The first kappa shape index (κ1) is 28.9. The van der Waals surface area contributed by atoms with Crippen LogP contribution in [0.5, 0.6) is 0 Å². The Balaban J connectivity index is 1.41. The Hall–Kier alpha value is -3.16. The molecular formula is C34H42O8. The molecule has 2 spiro atoms. The number of allylic oxidation sites excluding steroid dienone is 1. The normalized spacial score (nSPS) is 40.6. The minimum absolute atomic E-state index is 0.000990. The zero-order valence-corrected chi connectivity index (χ0v) is 25.3. The monoisotopic (exact) mass is 578 g/mol. The van der Waals surface area contributed by atoms with E-state index >= 15 is 0 Å². The van der Waals surface area contributed by atoms with E-state index in [9.17, 15) is 19.2 Å². The van der Waals surface area contributed by atoms with E-state index in [0.29, 0.717) is 37.9 Å². The molecule has 226 valence electrons. The first-order valence-corrected chi connectivity index (χ1v) is 15.3. The fraction of sp³-hybridized carbons (Fsp3) is 0.647. The summed E-state index contributed by atoms with van der Waals surface area (Å²) in [5.41, 5.74) is 3.49. The molecule has 10 atom stereocenters. The Morgan fingerprint density at radius 1 is 1.10 bits per heavy atom. The van der Waals surface area contributed by atoms with Crippen LogP contribution >= 0.6 is 0 Å². The maximum Gasteiger partial charge on any atom is 0.334 e. The van der Waals surface area contributed by atoms with Gasteiger partial charge < -0.3 is 18.9 Å². The summed E-state index contributed by atoms with van der Waals surface area (Å²) in [6.45, 7) is 18.0. The van der Waals surface area contributed by atoms with E-state index in [0.717, 1.165) is 29.6 Å². The number of fused-ring (bicyclic) bond motifs is 5. The zero-order valence-electron chi connectivity index (χ0n) is 25.3. The van der Waals surface area contributed by atoms with Crippen LogP contribution in [0.3, 0.4) is 0 Å². The molecule has 8 heteroatoms. The van der Waals surface area contributed by atoms with E-state index in [1.165, 1.54) is 19.4 Å². The lowest BCUT2D eigenvalue weighted by Crippen LogP contribution is -2.43. The molecule has 6 aliphatic rings. The second-order valence-corrected chi connectivity index (χ2v) is 13.6. The minimum atomic E-state index is -0.858. The van der Waals surface area contributed by atoms with Crippen molar-refractivity contribution in [2.45, 2.75) is 91.5 Å². The second kappa shape index (κ2) is 9.95. The minimum Gasteiger partial charge on any atom is -0.466 e. The highest BCUT2D eigenvalue weighted by Gasteiger charge is 2.78. The van der Waals surface area contributed by atoms with Gasteiger partial charge in [-0.25, -0.2) is 4.79 Å². The molecule has 2 bridgehead atoms. The first-order valence-electron chi connectivity index (χ1n) is 15.3. The van der Waals surface area contributed by atoms with Crippen molar-refractivity contribution >= 4 is 23.9 Å². The number of carbonyl (C=O) groups excluding carboxylic acids is 4. The van der Waals surface area contributed by atoms with Gasteiger partial charge in [0.1, 0.15) is 18.3 Å². The maximum atomic E-state index is 14.2. The topological polar surface area (TPSA) is 105 Å². The highest BCUT2D eigenvalue weighted by atomic mass is 16.6. The van der Waals surface area contributed by atoms with E-state index in [-0.39, 0.29) is 65.7 Å². The van der Waals surface area contributed by atoms with Crippen LogP contribution in [-0.2, 0) is 38.1 Å². The van der Waals surface area contributed by atoms with Crippen LogP contribution in [0, 0.1) is 40.4 Å². The quantitative estimate of drug-likeness (QED) is 0.140. The van der Waals surface area contributed by atoms with Crippen molar-refractivity contribution in [3.05, 3.63) is 47.1 Å². The summed E-state index contributed by atoms with van der Waals surface area (Å²) in [7, 11) is 0. The van der Waals surface area contributed by atoms with Crippen molar-refractivity contribution in [2.75, 3.05) is 6.61 Å². The fourth-order valence-corrected chi connectivity index (χ4v) is 9.76. The van der Waals surface area contributed by atoms with Gasteiger partial charge in [0.25, 0.3) is 0 Å². The van der Waals surface area contributed by atoms with Gasteiger partial charge in [0.15, 0.2) is 0 Å². The van der Waals surface area contributed by atoms with Crippen LogP contribution in [0.4, 0.5) is 0 Å². The summed E-state index contributed by atoms with van der Waals surface area (Å²) in [6, 6.07) is 0. The predicted octanol–water partition coefficient (Wildman–Crippen LogP) is 5.18. The third-order valence-corrected chi connectivity index (χ3v) is 11.5. The highest BCUT2D eigenvalue weighted by Crippen LogP contribution is 2.75. The number of esters is 4. The molecule has 6 rings (SSSR count). The number of rotatable bonds is 6. The molecule has 2 aliphatic heterocycles. The average Bonchev–Trinajstić information content (AvgIpc) is 3.49. The lowest BCUT2D eigenvalue weighted by atomic mass is 9.57. The Labute approximate surface area is 247 Å². The molecule has 4 aliphatic carbocycles. The van der Waals surface area contributed by atoms with Gasteiger partial charge in [0.05, 0.1) is 12.0 Å². The number of hydrogen-bond acceptors (Lipinski definition) is 8. The van der Waals surface area contributed by atoms with E-state index in [1.807, 2.05) is 0 Å². The molecule has 0 aromatic carbocycles. The van der Waals surface area contributed by atoms with Gasteiger partial charge in [0.2, 0.25) is 0 Å². The molecule has 0 N–H and O–H groups in total. The second-order valence-electron chi connectivity index (χ2n) is 13.6. The van der Waals surface area contributed by atoms with Crippen LogP contribution in [0.25, 0.3) is 0 Å². The van der Waals surface area contributed by atoms with Gasteiger partial charge in [-0.1, -0.05) is 44.2 Å². The lowest BCUT2D eigenvalue weighted by molar-refractivity contribution is -0.156. The molecule has 0 amide bonds. The van der Waals surface area contributed by atoms with Crippen LogP contribution < -0.4 is 0 Å². The summed E-state index contributed by atoms with van der Waals surface area (Å²) in [5.74, 6) is -1.61. The van der Waals surface area contributed by atoms with Gasteiger partial charge >= 0.3 is 23.9 Å². The molecule has 2 saturated heterocycles. The Morgan fingerprint density at radius 2 is 1.83 bits per heavy atom. The molecule has 0 aromatic heterocycles. The van der Waals surface area contributed by atoms with E-state index in [2.05, 4.69) is 40.0 Å². The predicted molar refractivity (Wildman–Crippen MR) is 152 cm³/mol. The largest absolute Gasteiger partial charge is 0.466 e. The Kier molecular flexibility index (Phi) is 6.86. The van der Waals surface area contributed by atoms with Crippen molar-refractivity contribution in [1.82, 2.24) is 0 Å². The summed E-state index contributed by atoms with van der Waals surface area (Å²) < 4.78 is 23.3. The van der Waals surface area contributed by atoms with Crippen molar-refractivity contribution < 1.29 is 38.1 Å². The van der Waals surface area contributed by atoms with Crippen molar-refractivity contribution in [3.8, 4) is 0 Å². The maximum absolute atomic E-state index is 14.2. The number of hydrogen-bond donors (Lipinski definition) is 0. The lowest BCUT2D eigenvalue weighted by Gasteiger charge is -2.43. The van der Waals surface area contributed by atoms with Crippen LogP contribution in [0.1, 0.15) is 73.1 Å². The molecule has 42 heavy (non-hydrogen) atoms. The third-order valence-electron chi connectivity index (χ3n) is 11.5. The molecule has 2 heterocycles. The first-order chi connectivity index (χ1) is 19.8. The van der Waals surface area contributed by atoms with E-state index in [4.69, 9.17) is 18.9 Å². The molecular weight excluding hydrogens is 536 g/mol. The molecule has 0 aromatic rings. The molecule has 2 saturated carbocycles. The zero-order chi connectivity index (χ0) is 30.3. The smallest absolute Gasteiger partial charge is 0.334 e. The SMILES string of the molecule is C=C1C[C@H]2OC(=O)[C@@]3(C[C@]45C(=C(C)[C@H]3[C@@H]4OC(C)=O)C[C@@H]3C(=C)C(=O)O[C@H]3C[C@@H]5C)[C@H]2C=C1[C@@H](C)CCCOC(C)=O. The summed E-state index contributed by atoms with van der Waals surface area (Å²) >= 11 is 0. The van der Waals surface area contributed by atoms with Crippen molar-refractivity contribution in [1.29, 1.82) is 0 Å². The van der Waals surface area contributed by atoms with Crippen LogP contribution in [0.15, 0.2) is 47.1 Å². The molecule has 4 fully saturated rings. The molecule has 0 unspecified atom stereocenters. The standard InChI is InChI=1S/C34H42O8/c1-16(9-8-10-39-21(6)35)23-13-26-28(11-17(23)2)42-32(38)34(26)15-33-18(3)12-27-24(19(4)31(37)41-27)14-25(33)20(5)29(34)30(33)40-22(7)36/h13,16,18,24,26-30H,2,4,8-12,14-15H2,1,3,5-7H3/t16-,18-,24+,26-,27-,28+,29-,30-,33-,34-/m0/s1. The van der Waals surface area contributed by atoms with Gasteiger partial charge in [-0.3, -0.25) is 14.4 Å². The molecule has 0 radical (unpaired) electrons. The Bertz CT molecular complexity index is 1350. The number of ether oxygens (including phenoxy) is 4. The average molecular weight is 579 g/mol. The van der Waals surface area contributed by atoms with Gasteiger partial charge in [0, 0.05) is 49.0 Å².